The molecule has 4 amide bonds. The number of hydrogen-bond donors (Lipinski definition) is 3. The summed E-state index contributed by atoms with van der Waals surface area (Å²) in [6, 6.07) is 77.7. The van der Waals surface area contributed by atoms with Gasteiger partial charge in [0.25, 0.3) is 0 Å². The number of fused-ring (bicyclic) bond motifs is 2. The van der Waals surface area contributed by atoms with Crippen molar-refractivity contribution in [3.05, 3.63) is 298 Å². The number of rotatable bonds is 35. The summed E-state index contributed by atoms with van der Waals surface area (Å²) in [4.78, 5) is 36.8. The molecule has 2 heterocycles. The molecule has 113 heavy (non-hydrogen) atoms. The third-order valence-corrected chi connectivity index (χ3v) is 24.9. The summed E-state index contributed by atoms with van der Waals surface area (Å²) in [6.07, 6.45) is 5.06. The molecule has 10 aromatic carbocycles. The molecule has 0 unspecified atom stereocenters. The second kappa shape index (κ2) is 43.1. The molecule has 10 aromatic rings. The van der Waals surface area contributed by atoms with Crippen LogP contribution in [0.5, 0.6) is 0 Å². The Hall–Kier alpha value is -8.77. The van der Waals surface area contributed by atoms with E-state index in [1.165, 1.54) is 22.7 Å². The van der Waals surface area contributed by atoms with Crippen LogP contribution in [0.15, 0.2) is 252 Å². The Bertz CT molecular complexity index is 4790. The van der Waals surface area contributed by atoms with Gasteiger partial charge in [-0.3, -0.25) is 9.80 Å². The topological polar surface area (TPSA) is 190 Å². The van der Waals surface area contributed by atoms with E-state index in [4.69, 9.17) is 15.2 Å². The lowest BCUT2D eigenvalue weighted by Crippen LogP contribution is -2.43. The van der Waals surface area contributed by atoms with E-state index in [1.54, 1.807) is 28.6 Å². The van der Waals surface area contributed by atoms with E-state index in [-0.39, 0.29) is 75.0 Å². The number of hydrogen-bond acceptors (Lipinski definition) is 11. The van der Waals surface area contributed by atoms with Gasteiger partial charge < -0.3 is 35.6 Å². The number of nitrogens with zero attached hydrogens (tertiary/aromatic N) is 6. The first-order valence-corrected chi connectivity index (χ1v) is 42.9. The molecule has 0 radical (unpaired) electrons. The number of carbonyl (C=O) groups excluding carboxylic acids is 2. The Kier molecular flexibility index (Phi) is 33.0. The molecule has 20 heteroatoms. The van der Waals surface area contributed by atoms with E-state index in [9.17, 15) is 26.4 Å². The number of carbonyl (C=O) groups is 2. The molecule has 12 rings (SSSR count). The number of amides is 4. The molecular weight excluding hydrogens is 1470 g/mol. The van der Waals surface area contributed by atoms with Crippen LogP contribution in [0.2, 0.25) is 0 Å². The quantitative estimate of drug-likeness (QED) is 0.0343. The maximum absolute atomic E-state index is 14.5. The predicted molar refractivity (Wildman–Crippen MR) is 464 cm³/mol. The highest BCUT2D eigenvalue weighted by Crippen LogP contribution is 2.31. The maximum Gasteiger partial charge on any atom is 0.318 e. The van der Waals surface area contributed by atoms with Crippen molar-refractivity contribution in [1.82, 2.24) is 38.8 Å². The highest BCUT2D eigenvalue weighted by Gasteiger charge is 2.29. The number of benzene rings is 10. The van der Waals surface area contributed by atoms with Gasteiger partial charge in [0.15, 0.2) is 0 Å². The summed E-state index contributed by atoms with van der Waals surface area (Å²) < 4.78 is 71.4. The number of nitrogens with one attached hydrogen (secondary N) is 2. The van der Waals surface area contributed by atoms with Crippen LogP contribution < -0.4 is 16.4 Å². The van der Waals surface area contributed by atoms with Crippen molar-refractivity contribution >= 4 is 67.1 Å². The molecule has 17 nitrogen and oxygen atoms in total. The van der Waals surface area contributed by atoms with Crippen LogP contribution in [0, 0.1) is 17.8 Å². The Morgan fingerprint density at radius 1 is 0.407 bits per heavy atom. The Morgan fingerprint density at radius 3 is 1.10 bits per heavy atom. The van der Waals surface area contributed by atoms with Gasteiger partial charge in [0.05, 0.1) is 48.3 Å². The number of sulfonamides is 2. The van der Waals surface area contributed by atoms with Gasteiger partial charge in [-0.25, -0.2) is 26.4 Å². The standard InChI is InChI=1S/C51H66N4O4S.C42H49N5O4S.H2S.H2/c1-39(2)33-46(34-40(3)4)35-42-19-21-45(22-20-42)38-55(37-43-13-7-6-8-14-43)60(57,58)48-25-23-44(24-26-48)36-54(28-12-27-53-29-31-59-32-30-53)51(56)52-41(5)49-18-11-16-47-15-9-10-17-50(47)49;1-33(40-14-7-12-38-11-5-6-13-41(38)40)44-42(48)46(24-8-23-45-25-27-51-28-26-45)30-36-19-21-39(22-20-36)52(49,50)47(31-35-9-3-2-4-10-35)32-37-17-15-34(29-43)16-18-37;;/h6-11,13-26,39-41,46H,12,27-38H2,1-5H3,(H,52,56);2-7,9-22,33H,8,23-32,43H2,1H3,(H,44,48);1H2;1H/t41-;33-;;/m00../s1. The third kappa shape index (κ3) is 25.6. The zero-order valence-corrected chi connectivity index (χ0v) is 69.4. The van der Waals surface area contributed by atoms with Gasteiger partial charge in [-0.15, -0.1) is 0 Å². The molecule has 0 aromatic heterocycles. The van der Waals surface area contributed by atoms with Crippen LogP contribution in [0.25, 0.3) is 21.5 Å². The smallest absolute Gasteiger partial charge is 0.318 e. The fourth-order valence-corrected chi connectivity index (χ4v) is 18.1. The second-order valence-corrected chi connectivity index (χ2v) is 34.8. The maximum atomic E-state index is 14.5. The molecule has 4 N–H and O–H groups in total. The molecule has 0 saturated carbocycles. The number of nitrogens with two attached hydrogens (primary N) is 1. The summed E-state index contributed by atoms with van der Waals surface area (Å²) in [6.45, 7) is 24.6. The fraction of sp³-hybridized carbons (Fsp3) is 0.376. The molecule has 2 atom stereocenters. The second-order valence-electron chi connectivity index (χ2n) is 30.9. The predicted octanol–water partition coefficient (Wildman–Crippen LogP) is 17.5. The number of ether oxygens (including phenoxy) is 2. The van der Waals surface area contributed by atoms with Gasteiger partial charge in [-0.2, -0.15) is 22.1 Å². The molecule has 2 saturated heterocycles. The van der Waals surface area contributed by atoms with E-state index >= 15 is 0 Å². The Balaban J connectivity index is 0.000000259. The first kappa shape index (κ1) is 86.6. The minimum absolute atomic E-state index is 0. The molecule has 0 spiro atoms. The van der Waals surface area contributed by atoms with Crippen molar-refractivity contribution in [2.45, 2.75) is 141 Å². The number of morpholine rings is 2. The van der Waals surface area contributed by atoms with Gasteiger partial charge in [0, 0.05) is 99.6 Å². The van der Waals surface area contributed by atoms with Crippen LogP contribution in [0.4, 0.5) is 9.59 Å². The van der Waals surface area contributed by atoms with E-state index < -0.39 is 20.0 Å². The van der Waals surface area contributed by atoms with Crippen molar-refractivity contribution in [2.24, 2.45) is 23.5 Å². The van der Waals surface area contributed by atoms with E-state index in [0.29, 0.717) is 50.5 Å². The summed E-state index contributed by atoms with van der Waals surface area (Å²) in [5, 5.41) is 11.0. The average molecular weight is 1590 g/mol. The van der Waals surface area contributed by atoms with Crippen LogP contribution >= 0.6 is 13.5 Å². The molecule has 0 aliphatic carbocycles. The summed E-state index contributed by atoms with van der Waals surface area (Å²) in [5.74, 6) is 1.93. The highest BCUT2D eigenvalue weighted by atomic mass is 32.2. The minimum Gasteiger partial charge on any atom is -0.379 e. The normalized spacial score (nSPS) is 14.2. The highest BCUT2D eigenvalue weighted by molar-refractivity contribution is 7.89. The Morgan fingerprint density at radius 2 is 0.726 bits per heavy atom. The molecule has 2 aliphatic rings. The molecule has 602 valence electrons. The lowest BCUT2D eigenvalue weighted by molar-refractivity contribution is 0.0364. The van der Waals surface area contributed by atoms with E-state index in [0.717, 1.165) is 157 Å². The van der Waals surface area contributed by atoms with Gasteiger partial charge in [0.2, 0.25) is 20.0 Å². The Labute approximate surface area is 680 Å². The van der Waals surface area contributed by atoms with Gasteiger partial charge in [0.1, 0.15) is 0 Å². The summed E-state index contributed by atoms with van der Waals surface area (Å²) >= 11 is 0. The van der Waals surface area contributed by atoms with Crippen LogP contribution in [0.3, 0.4) is 0 Å². The average Bonchev–Trinajstić information content (AvgIpc) is 0.793. The first-order valence-electron chi connectivity index (χ1n) is 40.0. The zero-order chi connectivity index (χ0) is 78.8. The summed E-state index contributed by atoms with van der Waals surface area (Å²) in [5.41, 5.74) is 15.6. The fourth-order valence-electron chi connectivity index (χ4n) is 15.3. The lowest BCUT2D eigenvalue weighted by Gasteiger charge is -2.29. The monoisotopic (exact) mass is 1590 g/mol. The number of urea groups is 2. The van der Waals surface area contributed by atoms with Crippen molar-refractivity contribution in [3.63, 3.8) is 0 Å². The summed E-state index contributed by atoms with van der Waals surface area (Å²) in [7, 11) is -7.75. The zero-order valence-electron chi connectivity index (χ0n) is 66.8. The van der Waals surface area contributed by atoms with Crippen LogP contribution in [-0.4, -0.2) is 136 Å². The van der Waals surface area contributed by atoms with Gasteiger partial charge in [-0.1, -0.05) is 246 Å². The van der Waals surface area contributed by atoms with Gasteiger partial charge >= 0.3 is 12.1 Å². The molecule has 2 fully saturated rings. The molecule has 0 bridgehead atoms. The van der Waals surface area contributed by atoms with E-state index in [2.05, 4.69) is 121 Å². The van der Waals surface area contributed by atoms with E-state index in [1.807, 2.05) is 169 Å². The van der Waals surface area contributed by atoms with Crippen molar-refractivity contribution in [3.8, 4) is 0 Å². The van der Waals surface area contributed by atoms with Crippen molar-refractivity contribution in [1.29, 1.82) is 0 Å². The SMILES string of the molecule is CC(C)CC(Cc1ccc(CN(Cc2ccccc2)S(=O)(=O)c2ccc(CN(CCCN3CCOCC3)C(=O)N[C@@H](C)c3cccc4ccccc34)cc2)cc1)CC(C)C.C[C@H](NC(=O)N(CCCN1CCOCC1)Cc1ccc(S(=O)(=O)N(Cc2ccccc2)Cc2ccc(CN)cc2)cc1)c1cccc2ccccc12.S.[HH]. The third-order valence-electron chi connectivity index (χ3n) is 21.3. The van der Waals surface area contributed by atoms with Crippen molar-refractivity contribution in [2.75, 3.05) is 78.8 Å². The molecular formula is C93H119N9O8S3. The van der Waals surface area contributed by atoms with Crippen molar-refractivity contribution < 1.29 is 37.3 Å². The van der Waals surface area contributed by atoms with Crippen LogP contribution in [-0.2, 0) is 81.8 Å². The largest absolute Gasteiger partial charge is 0.379 e. The van der Waals surface area contributed by atoms with Crippen LogP contribution in [0.1, 0.15) is 136 Å². The van der Waals surface area contributed by atoms with Gasteiger partial charge in [-0.05, 0) is 165 Å². The first-order chi connectivity index (χ1) is 54.2. The molecule has 2 aliphatic heterocycles. The lowest BCUT2D eigenvalue weighted by atomic mass is 9.85. The minimum atomic E-state index is -3.88.